The first-order valence-corrected chi connectivity index (χ1v) is 3.54. The van der Waals surface area contributed by atoms with E-state index < -0.39 is 0 Å². The van der Waals surface area contributed by atoms with Crippen LogP contribution in [0.5, 0.6) is 0 Å². The third-order valence-corrected chi connectivity index (χ3v) is 1.67. The lowest BCUT2D eigenvalue weighted by molar-refractivity contribution is 0.838. The molecular formula is C9H12N-. The van der Waals surface area contributed by atoms with Gasteiger partial charge in [0.25, 0.3) is 0 Å². The molecule has 0 aliphatic carbocycles. The van der Waals surface area contributed by atoms with Crippen molar-refractivity contribution < 1.29 is 0 Å². The number of hydrogen-bond donors (Lipinski definition) is 0. The quantitative estimate of drug-likeness (QED) is 0.594. The molecule has 0 fully saturated rings. The van der Waals surface area contributed by atoms with E-state index in [9.17, 15) is 0 Å². The van der Waals surface area contributed by atoms with E-state index >= 15 is 0 Å². The van der Waals surface area contributed by atoms with Gasteiger partial charge >= 0.3 is 0 Å². The van der Waals surface area contributed by atoms with Crippen LogP contribution in [0.2, 0.25) is 0 Å². The van der Waals surface area contributed by atoms with E-state index in [0.29, 0.717) is 12.5 Å². The molecule has 1 nitrogen and oxygen atoms in total. The highest BCUT2D eigenvalue weighted by Gasteiger charge is 1.95. The van der Waals surface area contributed by atoms with Gasteiger partial charge in [-0.05, 0) is 11.5 Å². The summed E-state index contributed by atoms with van der Waals surface area (Å²) in [7, 11) is 0. The van der Waals surface area contributed by atoms with Gasteiger partial charge < -0.3 is 5.73 Å². The van der Waals surface area contributed by atoms with E-state index in [0.717, 1.165) is 0 Å². The average Bonchev–Trinajstić information content (AvgIpc) is 2.05. The van der Waals surface area contributed by atoms with Crippen LogP contribution in [0.15, 0.2) is 30.3 Å². The van der Waals surface area contributed by atoms with Crippen molar-refractivity contribution in [3.63, 3.8) is 0 Å². The van der Waals surface area contributed by atoms with Gasteiger partial charge in [0.15, 0.2) is 0 Å². The molecule has 1 aromatic rings. The summed E-state index contributed by atoms with van der Waals surface area (Å²) in [5.74, 6) is 0.376. The second-order valence-electron chi connectivity index (χ2n) is 2.52. The fourth-order valence-electron chi connectivity index (χ4n) is 0.899. The fourth-order valence-corrected chi connectivity index (χ4v) is 0.899. The molecule has 0 amide bonds. The highest BCUT2D eigenvalue weighted by atomic mass is 14.5. The van der Waals surface area contributed by atoms with Crippen molar-refractivity contribution >= 4 is 0 Å². The van der Waals surface area contributed by atoms with Crippen LogP contribution in [-0.2, 0) is 0 Å². The van der Waals surface area contributed by atoms with Gasteiger partial charge in [-0.25, -0.2) is 0 Å². The molecule has 1 rings (SSSR count). The molecule has 0 aliphatic rings. The summed E-state index contributed by atoms with van der Waals surface area (Å²) in [4.78, 5) is 0. The van der Waals surface area contributed by atoms with Crippen molar-refractivity contribution in [3.05, 3.63) is 41.6 Å². The summed E-state index contributed by atoms with van der Waals surface area (Å²) in [5, 5.41) is 0. The Kier molecular flexibility index (Phi) is 2.46. The molecule has 1 aromatic carbocycles. The predicted molar refractivity (Wildman–Crippen MR) is 44.0 cm³/mol. The molecule has 1 atom stereocenters. The second kappa shape index (κ2) is 3.37. The van der Waals surface area contributed by atoms with Crippen LogP contribution >= 0.6 is 0 Å². The lowest BCUT2D eigenvalue weighted by Gasteiger charge is -2.12. The van der Waals surface area contributed by atoms with E-state index in [-0.39, 0.29) is 0 Å². The van der Waals surface area contributed by atoms with E-state index in [1.165, 1.54) is 5.56 Å². The molecule has 1 heteroatoms. The molecule has 0 saturated heterocycles. The Morgan fingerprint density at radius 3 is 2.40 bits per heavy atom. The van der Waals surface area contributed by atoms with E-state index in [1.54, 1.807) is 0 Å². The molecule has 0 spiro atoms. The minimum absolute atomic E-state index is 0.376. The largest absolute Gasteiger partial charge is 0.677 e. The van der Waals surface area contributed by atoms with Gasteiger partial charge in [0, 0.05) is 0 Å². The van der Waals surface area contributed by atoms with Gasteiger partial charge in [-0.15, -0.1) is 6.54 Å². The lowest BCUT2D eigenvalue weighted by Crippen LogP contribution is -1.93. The van der Waals surface area contributed by atoms with E-state index in [1.807, 2.05) is 18.2 Å². The molecule has 0 saturated carbocycles. The van der Waals surface area contributed by atoms with E-state index in [2.05, 4.69) is 19.1 Å². The SMILES string of the molecule is C[C@@H](C[NH-])c1ccccc1. The molecular weight excluding hydrogens is 122 g/mol. The van der Waals surface area contributed by atoms with Crippen molar-refractivity contribution in [3.8, 4) is 0 Å². The summed E-state index contributed by atoms with van der Waals surface area (Å²) in [6.45, 7) is 2.55. The van der Waals surface area contributed by atoms with E-state index in [4.69, 9.17) is 5.73 Å². The number of hydrogen-bond acceptors (Lipinski definition) is 0. The minimum atomic E-state index is 0.376. The number of rotatable bonds is 2. The van der Waals surface area contributed by atoms with Crippen LogP contribution in [0.4, 0.5) is 0 Å². The Bertz CT molecular complexity index is 181. The van der Waals surface area contributed by atoms with Crippen LogP contribution in [0, 0.1) is 0 Å². The van der Waals surface area contributed by atoms with Gasteiger partial charge in [-0.2, -0.15) is 0 Å². The maximum Gasteiger partial charge on any atom is -0.0381 e. The van der Waals surface area contributed by atoms with Gasteiger partial charge in [-0.1, -0.05) is 37.3 Å². The van der Waals surface area contributed by atoms with Gasteiger partial charge in [0.2, 0.25) is 0 Å². The van der Waals surface area contributed by atoms with Crippen LogP contribution in [-0.4, -0.2) is 6.54 Å². The smallest absolute Gasteiger partial charge is 0.0381 e. The molecule has 0 aromatic heterocycles. The van der Waals surface area contributed by atoms with Crippen LogP contribution in [0.3, 0.4) is 0 Å². The molecule has 0 bridgehead atoms. The van der Waals surface area contributed by atoms with Crippen molar-refractivity contribution in [2.45, 2.75) is 12.8 Å². The Morgan fingerprint density at radius 2 is 1.90 bits per heavy atom. The zero-order valence-corrected chi connectivity index (χ0v) is 6.17. The molecule has 0 radical (unpaired) electrons. The Morgan fingerprint density at radius 1 is 1.30 bits per heavy atom. The molecule has 10 heavy (non-hydrogen) atoms. The minimum Gasteiger partial charge on any atom is -0.677 e. The first-order valence-electron chi connectivity index (χ1n) is 3.54. The lowest BCUT2D eigenvalue weighted by atomic mass is 10.0. The predicted octanol–water partition coefficient (Wildman–Crippen LogP) is 2.84. The first kappa shape index (κ1) is 7.29. The average molecular weight is 134 g/mol. The van der Waals surface area contributed by atoms with Crippen LogP contribution < -0.4 is 0 Å². The van der Waals surface area contributed by atoms with Crippen molar-refractivity contribution in [2.75, 3.05) is 6.54 Å². The number of nitrogens with one attached hydrogen (secondary N) is 1. The Balaban J connectivity index is 2.75. The summed E-state index contributed by atoms with van der Waals surface area (Å²) < 4.78 is 0. The zero-order valence-electron chi connectivity index (χ0n) is 6.17. The highest BCUT2D eigenvalue weighted by molar-refractivity contribution is 5.19. The van der Waals surface area contributed by atoms with Crippen LogP contribution in [0.1, 0.15) is 18.4 Å². The van der Waals surface area contributed by atoms with Crippen molar-refractivity contribution in [2.24, 2.45) is 0 Å². The normalized spacial score (nSPS) is 13.0. The Labute approximate surface area is 61.9 Å². The van der Waals surface area contributed by atoms with Crippen molar-refractivity contribution in [1.29, 1.82) is 0 Å². The molecule has 0 heterocycles. The second-order valence-corrected chi connectivity index (χ2v) is 2.52. The summed E-state index contributed by atoms with van der Waals surface area (Å²) in [6.07, 6.45) is 0. The monoisotopic (exact) mass is 134 g/mol. The standard InChI is InChI=1S/C9H12N/c1-8(7-10)9-5-3-2-4-6-9/h2-6,8,10H,7H2,1H3/q-1/t8-/m0/s1. The molecule has 0 unspecified atom stereocenters. The summed E-state index contributed by atoms with van der Waals surface area (Å²) >= 11 is 0. The molecule has 1 N–H and O–H groups in total. The van der Waals surface area contributed by atoms with Gasteiger partial charge in [0.1, 0.15) is 0 Å². The first-order chi connectivity index (χ1) is 4.84. The third-order valence-electron chi connectivity index (χ3n) is 1.67. The molecule has 0 aliphatic heterocycles. The van der Waals surface area contributed by atoms with Crippen molar-refractivity contribution in [1.82, 2.24) is 0 Å². The van der Waals surface area contributed by atoms with Gasteiger partial charge in [-0.3, -0.25) is 0 Å². The zero-order chi connectivity index (χ0) is 7.40. The molecule has 54 valence electrons. The van der Waals surface area contributed by atoms with Gasteiger partial charge in [0.05, 0.1) is 0 Å². The summed E-state index contributed by atoms with van der Waals surface area (Å²) in [5.41, 5.74) is 8.41. The maximum atomic E-state index is 7.15. The van der Waals surface area contributed by atoms with Crippen LogP contribution in [0.25, 0.3) is 5.73 Å². The third kappa shape index (κ3) is 1.58. The number of benzene rings is 1. The highest BCUT2D eigenvalue weighted by Crippen LogP contribution is 2.13. The summed E-state index contributed by atoms with van der Waals surface area (Å²) in [6, 6.07) is 10.2. The maximum absolute atomic E-state index is 7.15. The fraction of sp³-hybridized carbons (Fsp3) is 0.333. The topological polar surface area (TPSA) is 23.8 Å². The Hall–Kier alpha value is -0.820.